The summed E-state index contributed by atoms with van der Waals surface area (Å²) < 4.78 is 4.98. The molecule has 0 bridgehead atoms. The number of hydrogen-bond acceptors (Lipinski definition) is 2. The van der Waals surface area contributed by atoms with E-state index in [1.54, 1.807) is 14.0 Å². The lowest BCUT2D eigenvalue weighted by atomic mass is 10.2. The zero-order chi connectivity index (χ0) is 8.15. The smallest absolute Gasteiger partial charge is 0.137 e. The van der Waals surface area contributed by atoms with Gasteiger partial charge in [-0.15, -0.1) is 0 Å². The van der Waals surface area contributed by atoms with Crippen molar-refractivity contribution in [3.8, 4) is 0 Å². The van der Waals surface area contributed by atoms with Gasteiger partial charge >= 0.3 is 0 Å². The van der Waals surface area contributed by atoms with Gasteiger partial charge in [-0.25, -0.2) is 0 Å². The number of allylic oxidation sites excluding steroid dienone is 2. The van der Waals surface area contributed by atoms with E-state index in [0.717, 1.165) is 11.3 Å². The molecule has 0 saturated carbocycles. The summed E-state index contributed by atoms with van der Waals surface area (Å²) in [5, 5.41) is 0. The zero-order valence-corrected chi connectivity index (χ0v) is 7.02. The Bertz CT molecular complexity index is 153. The molecule has 0 saturated heterocycles. The van der Waals surface area contributed by atoms with Crippen LogP contribution in [0, 0.1) is 0 Å². The first-order valence-electron chi connectivity index (χ1n) is 3.27. The molecule has 0 heterocycles. The minimum Gasteiger partial charge on any atom is -0.501 e. The summed E-state index contributed by atoms with van der Waals surface area (Å²) in [6, 6.07) is 0. The van der Waals surface area contributed by atoms with Crippen LogP contribution in [0.4, 0.5) is 0 Å². The minimum absolute atomic E-state index is 0.137. The predicted octanol–water partition coefficient (Wildman–Crippen LogP) is 1.91. The van der Waals surface area contributed by atoms with Crippen molar-refractivity contribution in [2.45, 2.75) is 27.2 Å². The average molecular weight is 142 g/mol. The summed E-state index contributed by atoms with van der Waals surface area (Å²) in [6.07, 6.45) is 0.416. The van der Waals surface area contributed by atoms with Crippen LogP contribution in [-0.4, -0.2) is 12.9 Å². The van der Waals surface area contributed by atoms with Gasteiger partial charge in [0.15, 0.2) is 0 Å². The fraction of sp³-hybridized carbons (Fsp3) is 0.625. The van der Waals surface area contributed by atoms with Crippen LogP contribution in [-0.2, 0) is 9.53 Å². The van der Waals surface area contributed by atoms with E-state index >= 15 is 0 Å². The fourth-order valence-corrected chi connectivity index (χ4v) is 0.679. The summed E-state index contributed by atoms with van der Waals surface area (Å²) in [4.78, 5) is 10.6. The highest BCUT2D eigenvalue weighted by atomic mass is 16.5. The number of ketones is 1. The van der Waals surface area contributed by atoms with Crippen molar-refractivity contribution in [3.63, 3.8) is 0 Å². The third-order valence-corrected chi connectivity index (χ3v) is 1.21. The van der Waals surface area contributed by atoms with Gasteiger partial charge in [0.05, 0.1) is 13.5 Å². The highest BCUT2D eigenvalue weighted by Gasteiger charge is 2.01. The molecular formula is C8H14O2. The van der Waals surface area contributed by atoms with Crippen molar-refractivity contribution in [2.75, 3.05) is 7.11 Å². The number of rotatable bonds is 3. The predicted molar refractivity (Wildman–Crippen MR) is 40.7 cm³/mol. The van der Waals surface area contributed by atoms with E-state index in [9.17, 15) is 4.79 Å². The van der Waals surface area contributed by atoms with Crippen LogP contribution in [0.2, 0.25) is 0 Å². The zero-order valence-electron chi connectivity index (χ0n) is 7.02. The second-order valence-corrected chi connectivity index (χ2v) is 2.51. The van der Waals surface area contributed by atoms with E-state index < -0.39 is 0 Å². The standard InChI is InChI=1S/C8H14O2/c1-6(2)8(10-4)5-7(3)9/h5H2,1-4H3. The van der Waals surface area contributed by atoms with Gasteiger partial charge in [0.25, 0.3) is 0 Å². The van der Waals surface area contributed by atoms with E-state index in [2.05, 4.69) is 0 Å². The average Bonchev–Trinajstić information content (AvgIpc) is 1.81. The van der Waals surface area contributed by atoms with E-state index in [1.807, 2.05) is 13.8 Å². The first kappa shape index (κ1) is 9.21. The minimum atomic E-state index is 0.137. The summed E-state index contributed by atoms with van der Waals surface area (Å²) in [5.74, 6) is 0.922. The Labute approximate surface area is 61.9 Å². The summed E-state index contributed by atoms with van der Waals surface area (Å²) in [5.41, 5.74) is 1.07. The van der Waals surface area contributed by atoms with E-state index in [0.29, 0.717) is 6.42 Å². The van der Waals surface area contributed by atoms with Gasteiger partial charge in [0.1, 0.15) is 11.5 Å². The molecule has 0 spiro atoms. The van der Waals surface area contributed by atoms with Crippen molar-refractivity contribution >= 4 is 5.78 Å². The number of ether oxygens (including phenoxy) is 1. The van der Waals surface area contributed by atoms with Crippen LogP contribution in [0.15, 0.2) is 11.3 Å². The molecule has 0 aliphatic carbocycles. The Balaban J connectivity index is 4.11. The molecule has 2 heteroatoms. The van der Waals surface area contributed by atoms with Crippen LogP contribution >= 0.6 is 0 Å². The molecule has 0 rings (SSSR count). The van der Waals surface area contributed by atoms with Gasteiger partial charge in [-0.1, -0.05) is 0 Å². The van der Waals surface area contributed by atoms with E-state index in [1.165, 1.54) is 0 Å². The Morgan fingerprint density at radius 3 is 1.90 bits per heavy atom. The van der Waals surface area contributed by atoms with Crippen LogP contribution < -0.4 is 0 Å². The summed E-state index contributed by atoms with van der Waals surface area (Å²) in [7, 11) is 1.59. The van der Waals surface area contributed by atoms with E-state index in [4.69, 9.17) is 4.74 Å². The topological polar surface area (TPSA) is 26.3 Å². The van der Waals surface area contributed by atoms with Crippen molar-refractivity contribution in [2.24, 2.45) is 0 Å². The molecule has 58 valence electrons. The van der Waals surface area contributed by atoms with Crippen molar-refractivity contribution < 1.29 is 9.53 Å². The Morgan fingerprint density at radius 1 is 1.30 bits per heavy atom. The maximum Gasteiger partial charge on any atom is 0.137 e. The first-order valence-corrected chi connectivity index (χ1v) is 3.27. The Kier molecular flexibility index (Phi) is 3.77. The summed E-state index contributed by atoms with van der Waals surface area (Å²) >= 11 is 0. The Hall–Kier alpha value is -0.790. The van der Waals surface area contributed by atoms with Gasteiger partial charge in [0.2, 0.25) is 0 Å². The molecule has 0 N–H and O–H groups in total. The maximum atomic E-state index is 10.6. The van der Waals surface area contributed by atoms with Crippen LogP contribution in [0.1, 0.15) is 27.2 Å². The van der Waals surface area contributed by atoms with Gasteiger partial charge in [-0.3, -0.25) is 4.79 Å². The molecule has 0 amide bonds. The molecule has 0 aliphatic heterocycles. The van der Waals surface area contributed by atoms with E-state index in [-0.39, 0.29) is 5.78 Å². The van der Waals surface area contributed by atoms with Gasteiger partial charge < -0.3 is 4.74 Å². The number of Topliss-reactive ketones (excluding diaryl/α,β-unsaturated/α-hetero) is 1. The normalized spacial score (nSPS) is 8.80. The van der Waals surface area contributed by atoms with Gasteiger partial charge in [0, 0.05) is 0 Å². The largest absolute Gasteiger partial charge is 0.501 e. The van der Waals surface area contributed by atoms with Crippen molar-refractivity contribution in [1.82, 2.24) is 0 Å². The number of methoxy groups -OCH3 is 1. The van der Waals surface area contributed by atoms with Gasteiger partial charge in [-0.05, 0) is 26.3 Å². The molecule has 0 unspecified atom stereocenters. The quantitative estimate of drug-likeness (QED) is 0.562. The second-order valence-electron chi connectivity index (χ2n) is 2.51. The highest BCUT2D eigenvalue weighted by molar-refractivity contribution is 5.77. The number of hydrogen-bond donors (Lipinski definition) is 0. The summed E-state index contributed by atoms with van der Waals surface area (Å²) in [6.45, 7) is 5.42. The molecule has 10 heavy (non-hydrogen) atoms. The lowest BCUT2D eigenvalue weighted by Gasteiger charge is -2.04. The molecule has 0 fully saturated rings. The second kappa shape index (κ2) is 4.09. The molecule has 0 aromatic heterocycles. The third kappa shape index (κ3) is 3.28. The van der Waals surface area contributed by atoms with Crippen LogP contribution in [0.25, 0.3) is 0 Å². The van der Waals surface area contributed by atoms with Crippen molar-refractivity contribution in [1.29, 1.82) is 0 Å². The van der Waals surface area contributed by atoms with Crippen molar-refractivity contribution in [3.05, 3.63) is 11.3 Å². The monoisotopic (exact) mass is 142 g/mol. The molecule has 0 radical (unpaired) electrons. The number of carbonyl (C=O) groups is 1. The SMILES string of the molecule is COC(CC(C)=O)=C(C)C. The van der Waals surface area contributed by atoms with Crippen LogP contribution in [0.5, 0.6) is 0 Å². The molecule has 2 nitrogen and oxygen atoms in total. The third-order valence-electron chi connectivity index (χ3n) is 1.21. The lowest BCUT2D eigenvalue weighted by Crippen LogP contribution is -1.97. The molecule has 0 aliphatic rings. The van der Waals surface area contributed by atoms with Crippen LogP contribution in [0.3, 0.4) is 0 Å². The number of carbonyl (C=O) groups excluding carboxylic acids is 1. The van der Waals surface area contributed by atoms with Gasteiger partial charge in [-0.2, -0.15) is 0 Å². The molecule has 0 atom stereocenters. The Morgan fingerprint density at radius 2 is 1.80 bits per heavy atom. The lowest BCUT2D eigenvalue weighted by molar-refractivity contribution is -0.116. The first-order chi connectivity index (χ1) is 4.57. The fourth-order valence-electron chi connectivity index (χ4n) is 0.679. The highest BCUT2D eigenvalue weighted by Crippen LogP contribution is 2.08. The molecular weight excluding hydrogens is 128 g/mol. The maximum absolute atomic E-state index is 10.6. The molecule has 0 aromatic carbocycles. The molecule has 0 aromatic rings.